The molecule has 0 radical (unpaired) electrons. The molecule has 2 aromatic carbocycles. The van der Waals surface area contributed by atoms with Crippen molar-refractivity contribution in [3.05, 3.63) is 71.8 Å². The van der Waals surface area contributed by atoms with E-state index in [0.29, 0.717) is 5.92 Å². The van der Waals surface area contributed by atoms with Gasteiger partial charge in [-0.05, 0) is 24.0 Å². The third-order valence-electron chi connectivity index (χ3n) is 3.94. The Bertz CT molecular complexity index is 524. The first-order valence-electron chi connectivity index (χ1n) is 7.63. The lowest BCUT2D eigenvalue weighted by Crippen LogP contribution is -2.40. The summed E-state index contributed by atoms with van der Waals surface area (Å²) in [4.78, 5) is 0. The zero-order valence-corrected chi connectivity index (χ0v) is 13.0. The van der Waals surface area contributed by atoms with Gasteiger partial charge in [-0.1, -0.05) is 74.5 Å². The molecule has 112 valence electrons. The number of benzene rings is 2. The maximum Gasteiger partial charge on any atom is 0.0945 e. The van der Waals surface area contributed by atoms with Crippen molar-refractivity contribution >= 4 is 0 Å². The summed E-state index contributed by atoms with van der Waals surface area (Å²) in [5.74, 6) is 0.339. The molecule has 2 rings (SSSR count). The van der Waals surface area contributed by atoms with Crippen molar-refractivity contribution in [1.82, 2.24) is 5.32 Å². The number of hydrogen-bond acceptors (Lipinski definition) is 2. The molecular weight excluding hydrogens is 258 g/mol. The molecule has 0 amide bonds. The van der Waals surface area contributed by atoms with E-state index in [2.05, 4.69) is 38.2 Å². The van der Waals surface area contributed by atoms with E-state index >= 15 is 0 Å². The Kier molecular flexibility index (Phi) is 5.54. The van der Waals surface area contributed by atoms with Crippen LogP contribution in [0, 0.1) is 5.92 Å². The third-order valence-corrected chi connectivity index (χ3v) is 3.94. The zero-order chi connectivity index (χ0) is 15.2. The molecule has 3 atom stereocenters. The van der Waals surface area contributed by atoms with E-state index in [9.17, 15) is 5.11 Å². The molecule has 2 N–H and O–H groups in total. The molecule has 0 aliphatic heterocycles. The zero-order valence-electron chi connectivity index (χ0n) is 13.0. The summed E-state index contributed by atoms with van der Waals surface area (Å²) in [5, 5.41) is 14.3. The van der Waals surface area contributed by atoms with Crippen LogP contribution in [0.5, 0.6) is 0 Å². The number of aliphatic hydroxyl groups excluding tert-OH is 1. The molecule has 3 unspecified atom stereocenters. The van der Waals surface area contributed by atoms with Crippen LogP contribution >= 0.6 is 0 Å². The molecule has 0 saturated carbocycles. The predicted molar refractivity (Wildman–Crippen MR) is 88.0 cm³/mol. The van der Waals surface area contributed by atoms with Crippen LogP contribution in [0.1, 0.15) is 44.0 Å². The number of nitrogens with one attached hydrogen (secondary N) is 1. The van der Waals surface area contributed by atoms with Crippen LogP contribution in [0.15, 0.2) is 60.7 Å². The summed E-state index contributed by atoms with van der Waals surface area (Å²) in [6, 6.07) is 20.4. The van der Waals surface area contributed by atoms with Gasteiger partial charge in [-0.25, -0.2) is 0 Å². The lowest BCUT2D eigenvalue weighted by molar-refractivity contribution is 0.0990. The van der Waals surface area contributed by atoms with Crippen molar-refractivity contribution in [1.29, 1.82) is 0 Å². The minimum atomic E-state index is -0.502. The van der Waals surface area contributed by atoms with Crippen LogP contribution in [0.3, 0.4) is 0 Å². The highest BCUT2D eigenvalue weighted by Crippen LogP contribution is 2.24. The maximum absolute atomic E-state index is 10.7. The molecule has 0 fully saturated rings. The van der Waals surface area contributed by atoms with Crippen LogP contribution in [-0.4, -0.2) is 11.1 Å². The van der Waals surface area contributed by atoms with Gasteiger partial charge in [0.2, 0.25) is 0 Å². The second-order valence-electron chi connectivity index (χ2n) is 5.92. The molecule has 21 heavy (non-hydrogen) atoms. The highest BCUT2D eigenvalue weighted by atomic mass is 16.3. The summed E-state index contributed by atoms with van der Waals surface area (Å²) in [7, 11) is 0. The minimum absolute atomic E-state index is 0.0163. The molecule has 2 heteroatoms. The highest BCUT2D eigenvalue weighted by molar-refractivity contribution is 5.21. The van der Waals surface area contributed by atoms with Gasteiger partial charge >= 0.3 is 0 Å². The second kappa shape index (κ2) is 7.39. The lowest BCUT2D eigenvalue weighted by atomic mass is 9.92. The Labute approximate surface area is 127 Å². The third kappa shape index (κ3) is 4.16. The largest absolute Gasteiger partial charge is 0.387 e. The Morgan fingerprint density at radius 3 is 1.71 bits per heavy atom. The number of hydrogen-bond donors (Lipinski definition) is 2. The normalized spacial score (nSPS) is 15.7. The summed E-state index contributed by atoms with van der Waals surface area (Å²) in [5.41, 5.74) is 2.20. The first kappa shape index (κ1) is 15.7. The van der Waals surface area contributed by atoms with E-state index in [1.54, 1.807) is 0 Å². The molecule has 2 aromatic rings. The molecule has 2 nitrogen and oxygen atoms in total. The fourth-order valence-corrected chi connectivity index (χ4v) is 2.63. The topological polar surface area (TPSA) is 32.3 Å². The van der Waals surface area contributed by atoms with Gasteiger partial charge in [0, 0.05) is 12.1 Å². The van der Waals surface area contributed by atoms with Gasteiger partial charge in [-0.15, -0.1) is 0 Å². The van der Waals surface area contributed by atoms with Crippen LogP contribution in [-0.2, 0) is 0 Å². The lowest BCUT2D eigenvalue weighted by Gasteiger charge is -2.31. The van der Waals surface area contributed by atoms with Gasteiger partial charge in [-0.2, -0.15) is 0 Å². The van der Waals surface area contributed by atoms with Crippen LogP contribution in [0.4, 0.5) is 0 Å². The Morgan fingerprint density at radius 2 is 1.24 bits per heavy atom. The number of rotatable bonds is 6. The van der Waals surface area contributed by atoms with Crippen molar-refractivity contribution in [2.75, 3.05) is 0 Å². The smallest absolute Gasteiger partial charge is 0.0945 e. The monoisotopic (exact) mass is 283 g/mol. The van der Waals surface area contributed by atoms with Crippen molar-refractivity contribution in [3.63, 3.8) is 0 Å². The summed E-state index contributed by atoms with van der Waals surface area (Å²) in [6.07, 6.45) is -0.502. The first-order valence-corrected chi connectivity index (χ1v) is 7.63. The van der Waals surface area contributed by atoms with Crippen LogP contribution in [0.25, 0.3) is 0 Å². The summed E-state index contributed by atoms with van der Waals surface area (Å²) < 4.78 is 0. The molecule has 0 bridgehead atoms. The van der Waals surface area contributed by atoms with Gasteiger partial charge < -0.3 is 10.4 Å². The van der Waals surface area contributed by atoms with Crippen molar-refractivity contribution < 1.29 is 5.11 Å². The average Bonchev–Trinajstić information content (AvgIpc) is 2.53. The summed E-state index contributed by atoms with van der Waals surface area (Å²) >= 11 is 0. The molecule has 0 heterocycles. The molecule has 0 aromatic heterocycles. The molecule has 0 saturated heterocycles. The van der Waals surface area contributed by atoms with Gasteiger partial charge in [0.25, 0.3) is 0 Å². The standard InChI is InChI=1S/C19H25NO/c1-14(2)18(19(21)17-12-8-5-9-13-17)20-15(3)16-10-6-4-7-11-16/h4-15,18-21H,1-3H3. The van der Waals surface area contributed by atoms with E-state index in [1.807, 2.05) is 48.5 Å². The fourth-order valence-electron chi connectivity index (χ4n) is 2.63. The van der Waals surface area contributed by atoms with E-state index in [1.165, 1.54) is 5.56 Å². The Hall–Kier alpha value is -1.64. The molecular formula is C19H25NO. The van der Waals surface area contributed by atoms with Gasteiger partial charge in [0.05, 0.1) is 6.10 Å². The molecule has 0 aliphatic rings. The first-order chi connectivity index (χ1) is 10.1. The van der Waals surface area contributed by atoms with Gasteiger partial charge in [-0.3, -0.25) is 0 Å². The van der Waals surface area contributed by atoms with E-state index < -0.39 is 6.10 Å². The van der Waals surface area contributed by atoms with E-state index in [-0.39, 0.29) is 12.1 Å². The van der Waals surface area contributed by atoms with Gasteiger partial charge in [0.15, 0.2) is 0 Å². The Balaban J connectivity index is 2.13. The minimum Gasteiger partial charge on any atom is -0.387 e. The second-order valence-corrected chi connectivity index (χ2v) is 5.92. The molecule has 0 spiro atoms. The molecule has 0 aliphatic carbocycles. The van der Waals surface area contributed by atoms with Crippen LogP contribution in [0.2, 0.25) is 0 Å². The predicted octanol–water partition coefficient (Wildman–Crippen LogP) is 4.10. The van der Waals surface area contributed by atoms with E-state index in [0.717, 1.165) is 5.56 Å². The fraction of sp³-hybridized carbons (Fsp3) is 0.368. The summed E-state index contributed by atoms with van der Waals surface area (Å²) in [6.45, 7) is 6.42. The average molecular weight is 283 g/mol. The van der Waals surface area contributed by atoms with E-state index in [4.69, 9.17) is 0 Å². The SMILES string of the molecule is CC(NC(C(C)C)C(O)c1ccccc1)c1ccccc1. The van der Waals surface area contributed by atoms with Crippen LogP contribution < -0.4 is 5.32 Å². The van der Waals surface area contributed by atoms with Gasteiger partial charge in [0.1, 0.15) is 0 Å². The number of aliphatic hydroxyl groups is 1. The van der Waals surface area contributed by atoms with Crippen molar-refractivity contribution in [2.45, 2.75) is 39.0 Å². The highest BCUT2D eigenvalue weighted by Gasteiger charge is 2.25. The van der Waals surface area contributed by atoms with Crippen molar-refractivity contribution in [2.24, 2.45) is 5.92 Å². The quantitative estimate of drug-likeness (QED) is 0.836. The maximum atomic E-state index is 10.7. The Morgan fingerprint density at radius 1 is 0.762 bits per heavy atom. The van der Waals surface area contributed by atoms with Crippen molar-refractivity contribution in [3.8, 4) is 0 Å².